The van der Waals surface area contributed by atoms with Crippen LogP contribution in [0.15, 0.2) is 10.9 Å². The van der Waals surface area contributed by atoms with E-state index < -0.39 is 0 Å². The quantitative estimate of drug-likeness (QED) is 0.682. The number of hydrogen-bond donors (Lipinski definition) is 1. The number of aromatic amines is 1. The van der Waals surface area contributed by atoms with Gasteiger partial charge >= 0.3 is 5.69 Å². The van der Waals surface area contributed by atoms with Crippen LogP contribution < -0.4 is 5.69 Å². The van der Waals surface area contributed by atoms with E-state index in [0.717, 1.165) is 17.9 Å². The first-order chi connectivity index (χ1) is 6.22. The number of aromatic nitrogens is 4. The number of nitrogens with one attached hydrogen (secondary N) is 1. The molecule has 0 amide bonds. The molecule has 0 atom stereocenters. The molecule has 0 bridgehead atoms. The second-order valence-electron chi connectivity index (χ2n) is 2.89. The Morgan fingerprint density at radius 1 is 1.62 bits per heavy atom. The molecule has 1 N–H and O–H groups in total. The summed E-state index contributed by atoms with van der Waals surface area (Å²) < 4.78 is 1.49. The fourth-order valence-electron chi connectivity index (χ4n) is 1.37. The van der Waals surface area contributed by atoms with E-state index >= 15 is 0 Å². The van der Waals surface area contributed by atoms with Gasteiger partial charge in [0.1, 0.15) is 5.82 Å². The first-order valence-electron chi connectivity index (χ1n) is 4.16. The van der Waals surface area contributed by atoms with Gasteiger partial charge < -0.3 is 0 Å². The van der Waals surface area contributed by atoms with Gasteiger partial charge in [-0.1, -0.05) is 6.92 Å². The largest absolute Gasteiger partial charge is 0.349 e. The molecule has 0 fully saturated rings. The van der Waals surface area contributed by atoms with Crippen molar-refractivity contribution >= 4 is 5.65 Å². The highest BCUT2D eigenvalue weighted by Crippen LogP contribution is 2.02. The molecule has 0 unspecified atom stereocenters. The van der Waals surface area contributed by atoms with Gasteiger partial charge in [-0.3, -0.25) is 0 Å². The van der Waals surface area contributed by atoms with E-state index in [0.29, 0.717) is 5.65 Å². The van der Waals surface area contributed by atoms with Crippen LogP contribution in [0.1, 0.15) is 18.4 Å². The van der Waals surface area contributed by atoms with E-state index in [1.165, 1.54) is 4.40 Å². The maximum atomic E-state index is 11.3. The van der Waals surface area contributed by atoms with Gasteiger partial charge in [-0.15, -0.1) is 0 Å². The molecule has 0 aliphatic carbocycles. The van der Waals surface area contributed by atoms with Crippen LogP contribution in [0.5, 0.6) is 0 Å². The normalized spacial score (nSPS) is 10.9. The van der Waals surface area contributed by atoms with Crippen molar-refractivity contribution in [2.75, 3.05) is 0 Å². The highest BCUT2D eigenvalue weighted by Gasteiger charge is 2.05. The zero-order chi connectivity index (χ0) is 9.42. The fourth-order valence-corrected chi connectivity index (χ4v) is 1.37. The lowest BCUT2D eigenvalue weighted by atomic mass is 10.4. The Labute approximate surface area is 74.4 Å². The highest BCUT2D eigenvalue weighted by molar-refractivity contribution is 5.38. The maximum Gasteiger partial charge on any atom is 0.349 e. The third-order valence-electron chi connectivity index (χ3n) is 1.92. The molecule has 2 aromatic rings. The van der Waals surface area contributed by atoms with Crippen LogP contribution in [0.3, 0.4) is 0 Å². The molecule has 5 nitrogen and oxygen atoms in total. The third kappa shape index (κ3) is 1.12. The summed E-state index contributed by atoms with van der Waals surface area (Å²) in [5.74, 6) is 0.744. The molecule has 0 aliphatic rings. The van der Waals surface area contributed by atoms with E-state index in [2.05, 4.69) is 15.2 Å². The molecule has 0 saturated carbocycles. The van der Waals surface area contributed by atoms with Crippen LogP contribution in [0.2, 0.25) is 0 Å². The summed E-state index contributed by atoms with van der Waals surface area (Å²) in [6.45, 7) is 3.85. The molecule has 2 heterocycles. The van der Waals surface area contributed by atoms with Gasteiger partial charge in [-0.2, -0.15) is 5.10 Å². The standard InChI is InChI=1S/C8H10N4O/c1-3-6-9-5(2)4-7-10-11-8(13)12(6)7/h4H,3H2,1-2H3,(H,11,13). The summed E-state index contributed by atoms with van der Waals surface area (Å²) in [7, 11) is 0. The Morgan fingerprint density at radius 2 is 2.38 bits per heavy atom. The Bertz CT molecular complexity index is 496. The molecule has 13 heavy (non-hydrogen) atoms. The minimum Gasteiger partial charge on any atom is -0.246 e. The predicted molar refractivity (Wildman–Crippen MR) is 47.7 cm³/mol. The van der Waals surface area contributed by atoms with Gasteiger partial charge in [-0.25, -0.2) is 19.3 Å². The van der Waals surface area contributed by atoms with Crippen molar-refractivity contribution in [1.29, 1.82) is 0 Å². The second kappa shape index (κ2) is 2.69. The second-order valence-corrected chi connectivity index (χ2v) is 2.89. The Morgan fingerprint density at radius 3 is 3.08 bits per heavy atom. The zero-order valence-electron chi connectivity index (χ0n) is 7.53. The van der Waals surface area contributed by atoms with Gasteiger partial charge in [-0.05, 0) is 6.92 Å². The average molecular weight is 178 g/mol. The van der Waals surface area contributed by atoms with Crippen molar-refractivity contribution in [3.63, 3.8) is 0 Å². The topological polar surface area (TPSA) is 63.0 Å². The molecule has 2 aromatic heterocycles. The summed E-state index contributed by atoms with van der Waals surface area (Å²) >= 11 is 0. The first-order valence-corrected chi connectivity index (χ1v) is 4.16. The Kier molecular flexibility index (Phi) is 1.65. The monoisotopic (exact) mass is 178 g/mol. The van der Waals surface area contributed by atoms with Crippen molar-refractivity contribution in [1.82, 2.24) is 19.6 Å². The molecule has 0 spiro atoms. The average Bonchev–Trinajstić information content (AvgIpc) is 2.46. The number of aryl methyl sites for hydroxylation is 2. The van der Waals surface area contributed by atoms with Crippen LogP contribution in [0, 0.1) is 6.92 Å². The third-order valence-corrected chi connectivity index (χ3v) is 1.92. The van der Waals surface area contributed by atoms with Crippen LogP contribution in [-0.4, -0.2) is 19.6 Å². The lowest BCUT2D eigenvalue weighted by molar-refractivity contribution is 0.854. The SMILES string of the molecule is CCc1nc(C)cc2n[nH]c(=O)n12. The van der Waals surface area contributed by atoms with Crippen molar-refractivity contribution < 1.29 is 0 Å². The van der Waals surface area contributed by atoms with Crippen molar-refractivity contribution in [2.45, 2.75) is 20.3 Å². The van der Waals surface area contributed by atoms with Crippen LogP contribution in [-0.2, 0) is 6.42 Å². The highest BCUT2D eigenvalue weighted by atomic mass is 16.1. The predicted octanol–water partition coefficient (Wildman–Crippen LogP) is 0.288. The van der Waals surface area contributed by atoms with E-state index in [9.17, 15) is 4.79 Å². The molecular formula is C8H10N4O. The molecule has 68 valence electrons. The fraction of sp³-hybridized carbons (Fsp3) is 0.375. The van der Waals surface area contributed by atoms with E-state index in [1.54, 1.807) is 6.07 Å². The van der Waals surface area contributed by atoms with Crippen molar-refractivity contribution in [3.05, 3.63) is 28.1 Å². The van der Waals surface area contributed by atoms with E-state index in [4.69, 9.17) is 0 Å². The van der Waals surface area contributed by atoms with Crippen molar-refractivity contribution in [2.24, 2.45) is 0 Å². The van der Waals surface area contributed by atoms with Gasteiger partial charge in [0.05, 0.1) is 0 Å². The number of H-pyrrole nitrogens is 1. The summed E-state index contributed by atoms with van der Waals surface area (Å²) in [5, 5.41) is 6.27. The van der Waals surface area contributed by atoms with Gasteiger partial charge in [0.25, 0.3) is 0 Å². The summed E-state index contributed by atoms with van der Waals surface area (Å²) in [5.41, 5.74) is 1.29. The van der Waals surface area contributed by atoms with E-state index in [1.807, 2.05) is 13.8 Å². The molecular weight excluding hydrogens is 168 g/mol. The molecule has 0 saturated heterocycles. The maximum absolute atomic E-state index is 11.3. The summed E-state index contributed by atoms with van der Waals surface area (Å²) in [6.07, 6.45) is 0.720. The summed E-state index contributed by atoms with van der Waals surface area (Å²) in [4.78, 5) is 15.5. The van der Waals surface area contributed by atoms with Gasteiger partial charge in [0.15, 0.2) is 5.65 Å². The number of nitrogens with zero attached hydrogens (tertiary/aromatic N) is 3. The van der Waals surface area contributed by atoms with Crippen LogP contribution in [0.4, 0.5) is 0 Å². The number of hydrogen-bond acceptors (Lipinski definition) is 3. The molecule has 2 rings (SSSR count). The van der Waals surface area contributed by atoms with Gasteiger partial charge in [0, 0.05) is 18.2 Å². The molecule has 0 radical (unpaired) electrons. The number of rotatable bonds is 1. The molecule has 0 aromatic carbocycles. The van der Waals surface area contributed by atoms with Crippen molar-refractivity contribution in [3.8, 4) is 0 Å². The zero-order valence-corrected chi connectivity index (χ0v) is 7.53. The first kappa shape index (κ1) is 7.97. The summed E-state index contributed by atoms with van der Waals surface area (Å²) in [6, 6.07) is 1.77. The van der Waals surface area contributed by atoms with Gasteiger partial charge in [0.2, 0.25) is 0 Å². The number of fused-ring (bicyclic) bond motifs is 1. The Balaban J connectivity index is 2.93. The smallest absolute Gasteiger partial charge is 0.246 e. The lowest BCUT2D eigenvalue weighted by Gasteiger charge is -2.00. The minimum absolute atomic E-state index is 0.223. The van der Waals surface area contributed by atoms with E-state index in [-0.39, 0.29) is 5.69 Å². The minimum atomic E-state index is -0.223. The lowest BCUT2D eigenvalue weighted by Crippen LogP contribution is -2.15. The molecule has 5 heteroatoms. The van der Waals surface area contributed by atoms with Crippen LogP contribution >= 0.6 is 0 Å². The van der Waals surface area contributed by atoms with Crippen LogP contribution in [0.25, 0.3) is 5.65 Å². The molecule has 0 aliphatic heterocycles. The Hall–Kier alpha value is -1.65.